The summed E-state index contributed by atoms with van der Waals surface area (Å²) < 4.78 is 73.1. The lowest BCUT2D eigenvalue weighted by Crippen LogP contribution is -2.04. The highest BCUT2D eigenvalue weighted by Crippen LogP contribution is 2.46. The van der Waals surface area contributed by atoms with Gasteiger partial charge in [-0.1, -0.05) is 0 Å². The fourth-order valence-corrected chi connectivity index (χ4v) is 2.85. The molecular weight excluding hydrogens is 336 g/mol. The molecule has 0 spiro atoms. The standard InChI is InChI=1S/C12H8O8S2/c13-21(14,15)7-1-3-9-11(5-7)20-10-4-2-8(22(16,17)18)6-12(10)19-9/h1-6H,(H,13,14,15)(H,16,17,18). The van der Waals surface area contributed by atoms with Gasteiger partial charge in [0.05, 0.1) is 9.79 Å². The Bertz CT molecular complexity index is 895. The number of hydrogen-bond acceptors (Lipinski definition) is 6. The van der Waals surface area contributed by atoms with E-state index < -0.39 is 20.2 Å². The minimum Gasteiger partial charge on any atom is -0.449 e. The highest BCUT2D eigenvalue weighted by Gasteiger charge is 2.23. The van der Waals surface area contributed by atoms with E-state index in [-0.39, 0.29) is 32.8 Å². The maximum Gasteiger partial charge on any atom is 0.294 e. The minimum atomic E-state index is -4.39. The lowest BCUT2D eigenvalue weighted by molar-refractivity contribution is 0.356. The Labute approximate surface area is 125 Å². The molecule has 22 heavy (non-hydrogen) atoms. The molecule has 2 aromatic rings. The first-order valence-electron chi connectivity index (χ1n) is 5.73. The molecule has 1 aliphatic heterocycles. The number of fused-ring (bicyclic) bond motifs is 2. The van der Waals surface area contributed by atoms with Crippen LogP contribution in [0.3, 0.4) is 0 Å². The van der Waals surface area contributed by atoms with E-state index in [1.54, 1.807) is 0 Å². The summed E-state index contributed by atoms with van der Waals surface area (Å²) >= 11 is 0. The van der Waals surface area contributed by atoms with Crippen molar-refractivity contribution in [1.82, 2.24) is 0 Å². The summed E-state index contributed by atoms with van der Waals surface area (Å²) in [5.41, 5.74) is 0. The van der Waals surface area contributed by atoms with Crippen LogP contribution in [0.5, 0.6) is 23.0 Å². The van der Waals surface area contributed by atoms with E-state index in [2.05, 4.69) is 0 Å². The first-order valence-corrected chi connectivity index (χ1v) is 8.61. The zero-order valence-corrected chi connectivity index (χ0v) is 12.3. The van der Waals surface area contributed by atoms with E-state index in [0.29, 0.717) is 0 Å². The summed E-state index contributed by atoms with van der Waals surface area (Å²) in [6, 6.07) is 6.86. The first-order chi connectivity index (χ1) is 10.1. The van der Waals surface area contributed by atoms with Gasteiger partial charge in [0, 0.05) is 12.1 Å². The van der Waals surface area contributed by atoms with Crippen molar-refractivity contribution in [2.24, 2.45) is 0 Å². The van der Waals surface area contributed by atoms with Crippen LogP contribution in [0.1, 0.15) is 0 Å². The molecular formula is C12H8O8S2. The van der Waals surface area contributed by atoms with E-state index in [1.165, 1.54) is 12.1 Å². The maximum atomic E-state index is 11.1. The average molecular weight is 344 g/mol. The molecule has 0 bridgehead atoms. The summed E-state index contributed by atoms with van der Waals surface area (Å²) in [5, 5.41) is 0. The second-order valence-corrected chi connectivity index (χ2v) is 7.21. The Hall–Kier alpha value is -2.14. The molecule has 0 aliphatic carbocycles. The number of rotatable bonds is 2. The Morgan fingerprint density at radius 3 is 1.32 bits per heavy atom. The predicted octanol–water partition coefficient (Wildman–Crippen LogP) is 2.08. The first kappa shape index (κ1) is 14.8. The number of hydrogen-bond donors (Lipinski definition) is 2. The monoisotopic (exact) mass is 344 g/mol. The van der Waals surface area contributed by atoms with Gasteiger partial charge >= 0.3 is 0 Å². The molecule has 0 fully saturated rings. The van der Waals surface area contributed by atoms with Crippen LogP contribution >= 0.6 is 0 Å². The molecule has 116 valence electrons. The Morgan fingerprint density at radius 1 is 0.636 bits per heavy atom. The van der Waals surface area contributed by atoms with Crippen LogP contribution in [0.25, 0.3) is 0 Å². The molecule has 0 saturated carbocycles. The largest absolute Gasteiger partial charge is 0.449 e. The molecule has 0 aromatic heterocycles. The second kappa shape index (κ2) is 4.68. The summed E-state index contributed by atoms with van der Waals surface area (Å²) in [5.74, 6) is 0.351. The molecule has 0 atom stereocenters. The van der Waals surface area contributed by atoms with E-state index in [1.807, 2.05) is 0 Å². The van der Waals surface area contributed by atoms with Crippen LogP contribution in [0.2, 0.25) is 0 Å². The van der Waals surface area contributed by atoms with Crippen molar-refractivity contribution in [2.75, 3.05) is 0 Å². The van der Waals surface area contributed by atoms with E-state index >= 15 is 0 Å². The van der Waals surface area contributed by atoms with Crippen LogP contribution in [-0.2, 0) is 20.2 Å². The quantitative estimate of drug-likeness (QED) is 0.676. The topological polar surface area (TPSA) is 127 Å². The molecule has 1 aliphatic rings. The molecule has 2 aromatic carbocycles. The van der Waals surface area contributed by atoms with Crippen molar-refractivity contribution in [3.05, 3.63) is 36.4 Å². The highest BCUT2D eigenvalue weighted by atomic mass is 32.2. The molecule has 0 unspecified atom stereocenters. The van der Waals surface area contributed by atoms with Gasteiger partial charge in [0.25, 0.3) is 20.2 Å². The Kier molecular flexibility index (Phi) is 3.14. The summed E-state index contributed by atoms with van der Waals surface area (Å²) in [7, 11) is -8.78. The summed E-state index contributed by atoms with van der Waals surface area (Å²) in [4.78, 5) is -0.735. The van der Waals surface area contributed by atoms with Crippen LogP contribution in [0.4, 0.5) is 0 Å². The third kappa shape index (κ3) is 2.64. The smallest absolute Gasteiger partial charge is 0.294 e. The zero-order valence-electron chi connectivity index (χ0n) is 10.6. The fourth-order valence-electron chi connectivity index (χ4n) is 1.86. The van der Waals surface area contributed by atoms with Crippen molar-refractivity contribution in [3.63, 3.8) is 0 Å². The lowest BCUT2D eigenvalue weighted by Gasteiger charge is -2.21. The van der Waals surface area contributed by atoms with Gasteiger partial charge in [0.15, 0.2) is 23.0 Å². The Balaban J connectivity index is 2.06. The maximum absolute atomic E-state index is 11.1. The van der Waals surface area contributed by atoms with Gasteiger partial charge < -0.3 is 9.47 Å². The van der Waals surface area contributed by atoms with Crippen molar-refractivity contribution < 1.29 is 35.4 Å². The average Bonchev–Trinajstić information content (AvgIpc) is 2.41. The summed E-state index contributed by atoms with van der Waals surface area (Å²) in [6.45, 7) is 0. The fraction of sp³-hybridized carbons (Fsp3) is 0. The van der Waals surface area contributed by atoms with Gasteiger partial charge in [-0.2, -0.15) is 16.8 Å². The summed E-state index contributed by atoms with van der Waals surface area (Å²) in [6.07, 6.45) is 0. The predicted molar refractivity (Wildman–Crippen MR) is 72.7 cm³/mol. The molecule has 3 rings (SSSR count). The number of ether oxygens (including phenoxy) is 2. The van der Waals surface area contributed by atoms with Gasteiger partial charge in [0.2, 0.25) is 0 Å². The van der Waals surface area contributed by atoms with Gasteiger partial charge in [-0.3, -0.25) is 9.11 Å². The van der Waals surface area contributed by atoms with Gasteiger partial charge in [-0.25, -0.2) is 0 Å². The minimum absolute atomic E-state index is 0.0437. The highest BCUT2D eigenvalue weighted by molar-refractivity contribution is 7.86. The lowest BCUT2D eigenvalue weighted by atomic mass is 10.2. The third-order valence-corrected chi connectivity index (χ3v) is 4.57. The van der Waals surface area contributed by atoms with E-state index in [0.717, 1.165) is 24.3 Å². The van der Waals surface area contributed by atoms with Crippen LogP contribution in [0, 0.1) is 0 Å². The molecule has 0 radical (unpaired) electrons. The van der Waals surface area contributed by atoms with Gasteiger partial charge in [-0.15, -0.1) is 0 Å². The van der Waals surface area contributed by atoms with Crippen molar-refractivity contribution in [3.8, 4) is 23.0 Å². The number of benzene rings is 2. The second-order valence-electron chi connectivity index (χ2n) is 4.37. The van der Waals surface area contributed by atoms with Crippen LogP contribution in [-0.4, -0.2) is 25.9 Å². The molecule has 0 amide bonds. The third-order valence-electron chi connectivity index (χ3n) is 2.87. The van der Waals surface area contributed by atoms with Crippen molar-refractivity contribution >= 4 is 20.2 Å². The molecule has 1 heterocycles. The van der Waals surface area contributed by atoms with Crippen molar-refractivity contribution in [2.45, 2.75) is 9.79 Å². The van der Waals surface area contributed by atoms with Gasteiger partial charge in [-0.05, 0) is 24.3 Å². The van der Waals surface area contributed by atoms with Gasteiger partial charge in [0.1, 0.15) is 0 Å². The zero-order chi connectivity index (χ0) is 16.1. The normalized spacial score (nSPS) is 13.5. The Morgan fingerprint density at radius 2 is 1.00 bits per heavy atom. The molecule has 10 heteroatoms. The molecule has 8 nitrogen and oxygen atoms in total. The van der Waals surface area contributed by atoms with Crippen molar-refractivity contribution in [1.29, 1.82) is 0 Å². The van der Waals surface area contributed by atoms with Crippen LogP contribution in [0.15, 0.2) is 46.2 Å². The van der Waals surface area contributed by atoms with Crippen LogP contribution < -0.4 is 9.47 Å². The molecule has 2 N–H and O–H groups in total. The molecule has 0 saturated heterocycles. The SMILES string of the molecule is O=S(=O)(O)c1ccc2c(c1)Oc1ccc(S(=O)(=O)O)cc1O2. The van der Waals surface area contributed by atoms with E-state index in [9.17, 15) is 16.8 Å². The van der Waals surface area contributed by atoms with E-state index in [4.69, 9.17) is 18.6 Å².